The molecule has 0 radical (unpaired) electrons. The molecule has 0 aromatic carbocycles. The van der Waals surface area contributed by atoms with Crippen LogP contribution in [0.3, 0.4) is 0 Å². The zero-order chi connectivity index (χ0) is 14.7. The van der Waals surface area contributed by atoms with Crippen molar-refractivity contribution in [3.05, 3.63) is 0 Å². The third-order valence-corrected chi connectivity index (χ3v) is 4.97. The molecule has 2 heterocycles. The predicted octanol–water partition coefficient (Wildman–Crippen LogP) is 0.973. The van der Waals surface area contributed by atoms with Gasteiger partial charge in [0.15, 0.2) is 0 Å². The number of nitrogens with two attached hydrogens (primary N) is 1. The van der Waals surface area contributed by atoms with Crippen molar-refractivity contribution in [3.8, 4) is 0 Å². The van der Waals surface area contributed by atoms with Gasteiger partial charge in [0.25, 0.3) is 0 Å². The summed E-state index contributed by atoms with van der Waals surface area (Å²) in [6.45, 7) is 7.35. The number of likely N-dealkylation sites (tertiary alicyclic amines) is 2. The first-order valence-corrected chi connectivity index (χ1v) is 7.88. The molecule has 2 rings (SSSR count). The first-order chi connectivity index (χ1) is 9.54. The summed E-state index contributed by atoms with van der Waals surface area (Å²) in [6.07, 6.45) is 4.71. The molecule has 0 saturated carbocycles. The molecule has 2 aliphatic heterocycles. The molecule has 2 aliphatic rings. The maximum atomic E-state index is 12.3. The molecule has 2 saturated heterocycles. The zero-order valence-corrected chi connectivity index (χ0v) is 12.7. The van der Waals surface area contributed by atoms with E-state index in [0.29, 0.717) is 18.5 Å². The summed E-state index contributed by atoms with van der Waals surface area (Å²) in [5, 5.41) is 0. The van der Waals surface area contributed by atoms with E-state index in [1.165, 1.54) is 0 Å². The van der Waals surface area contributed by atoms with E-state index in [0.717, 1.165) is 45.3 Å². The van der Waals surface area contributed by atoms with Crippen LogP contribution in [0.1, 0.15) is 46.0 Å². The Labute approximate surface area is 121 Å². The van der Waals surface area contributed by atoms with Crippen LogP contribution in [0.4, 0.5) is 0 Å². The number of piperidine rings is 2. The second-order valence-electron chi connectivity index (χ2n) is 6.15. The number of hydrogen-bond donors (Lipinski definition) is 1. The normalized spacial score (nSPS) is 27.6. The van der Waals surface area contributed by atoms with Crippen molar-refractivity contribution in [1.29, 1.82) is 0 Å². The van der Waals surface area contributed by atoms with Gasteiger partial charge >= 0.3 is 0 Å². The highest BCUT2D eigenvalue weighted by atomic mass is 16.2. The van der Waals surface area contributed by atoms with Gasteiger partial charge in [-0.2, -0.15) is 0 Å². The van der Waals surface area contributed by atoms with Crippen LogP contribution < -0.4 is 5.73 Å². The number of amides is 2. The minimum Gasteiger partial charge on any atom is -0.369 e. The van der Waals surface area contributed by atoms with Crippen LogP contribution in [0.5, 0.6) is 0 Å². The summed E-state index contributed by atoms with van der Waals surface area (Å²) in [4.78, 5) is 28.1. The molecule has 2 atom stereocenters. The number of rotatable bonds is 4. The molecule has 20 heavy (non-hydrogen) atoms. The first-order valence-electron chi connectivity index (χ1n) is 7.88. The van der Waals surface area contributed by atoms with E-state index in [2.05, 4.69) is 18.7 Å². The van der Waals surface area contributed by atoms with E-state index >= 15 is 0 Å². The molecule has 114 valence electrons. The second-order valence-corrected chi connectivity index (χ2v) is 6.15. The average Bonchev–Trinajstić information content (AvgIpc) is 2.46. The SMILES string of the molecule is CCC(C)N1CCC(N2CCCC(C(N)=O)C2=O)CC1. The van der Waals surface area contributed by atoms with Crippen molar-refractivity contribution in [2.75, 3.05) is 19.6 Å². The minimum absolute atomic E-state index is 0.0364. The van der Waals surface area contributed by atoms with Crippen molar-refractivity contribution < 1.29 is 9.59 Å². The molecule has 0 spiro atoms. The Kier molecular flexibility index (Phi) is 5.02. The molecule has 0 aromatic rings. The van der Waals surface area contributed by atoms with Crippen molar-refractivity contribution in [3.63, 3.8) is 0 Å². The largest absolute Gasteiger partial charge is 0.369 e. The Morgan fingerprint density at radius 3 is 2.50 bits per heavy atom. The van der Waals surface area contributed by atoms with E-state index in [1.807, 2.05) is 4.90 Å². The molecule has 0 aromatic heterocycles. The van der Waals surface area contributed by atoms with E-state index in [-0.39, 0.29) is 5.91 Å². The molecule has 2 N–H and O–H groups in total. The maximum absolute atomic E-state index is 12.3. The van der Waals surface area contributed by atoms with Gasteiger partial charge in [-0.25, -0.2) is 0 Å². The molecule has 5 heteroatoms. The summed E-state index contributed by atoms with van der Waals surface area (Å²) < 4.78 is 0. The van der Waals surface area contributed by atoms with Crippen LogP contribution in [-0.2, 0) is 9.59 Å². The monoisotopic (exact) mass is 281 g/mol. The number of primary amides is 1. The van der Waals surface area contributed by atoms with E-state index < -0.39 is 11.8 Å². The lowest BCUT2D eigenvalue weighted by atomic mass is 9.92. The number of carbonyl (C=O) groups excluding carboxylic acids is 2. The molecule has 2 unspecified atom stereocenters. The number of hydrogen-bond acceptors (Lipinski definition) is 3. The van der Waals surface area contributed by atoms with Crippen LogP contribution in [0.25, 0.3) is 0 Å². The van der Waals surface area contributed by atoms with Gasteiger partial charge < -0.3 is 15.5 Å². The van der Waals surface area contributed by atoms with E-state index in [1.54, 1.807) is 0 Å². The average molecular weight is 281 g/mol. The number of nitrogens with zero attached hydrogens (tertiary/aromatic N) is 2. The third kappa shape index (κ3) is 3.14. The molecule has 0 aliphatic carbocycles. The smallest absolute Gasteiger partial charge is 0.235 e. The third-order valence-electron chi connectivity index (χ3n) is 4.97. The van der Waals surface area contributed by atoms with Gasteiger partial charge in [0.1, 0.15) is 5.92 Å². The summed E-state index contributed by atoms with van der Waals surface area (Å²) in [7, 11) is 0. The quantitative estimate of drug-likeness (QED) is 0.781. The lowest BCUT2D eigenvalue weighted by Crippen LogP contribution is -2.54. The fourth-order valence-corrected chi connectivity index (χ4v) is 3.42. The van der Waals surface area contributed by atoms with Gasteiger partial charge in [-0.15, -0.1) is 0 Å². The van der Waals surface area contributed by atoms with Gasteiger partial charge in [-0.05, 0) is 39.0 Å². The van der Waals surface area contributed by atoms with E-state index in [9.17, 15) is 9.59 Å². The molecule has 2 amide bonds. The first kappa shape index (κ1) is 15.3. The Morgan fingerprint density at radius 1 is 1.30 bits per heavy atom. The number of carbonyl (C=O) groups is 2. The van der Waals surface area contributed by atoms with Crippen LogP contribution in [0.15, 0.2) is 0 Å². The van der Waals surface area contributed by atoms with Crippen LogP contribution in [0, 0.1) is 5.92 Å². The fraction of sp³-hybridized carbons (Fsp3) is 0.867. The Morgan fingerprint density at radius 2 is 1.95 bits per heavy atom. The summed E-state index contributed by atoms with van der Waals surface area (Å²) in [5.74, 6) is -1.08. The molecule has 5 nitrogen and oxygen atoms in total. The lowest BCUT2D eigenvalue weighted by molar-refractivity contribution is -0.147. The molecule has 0 bridgehead atoms. The highest BCUT2D eigenvalue weighted by Crippen LogP contribution is 2.25. The minimum atomic E-state index is -0.587. The molecule has 2 fully saturated rings. The second kappa shape index (κ2) is 6.57. The van der Waals surface area contributed by atoms with Crippen LogP contribution >= 0.6 is 0 Å². The standard InChI is InChI=1S/C15H27N3O2/c1-3-11(2)17-9-6-12(7-10-17)18-8-4-5-13(14(16)19)15(18)20/h11-13H,3-10H2,1-2H3,(H2,16,19). The predicted molar refractivity (Wildman–Crippen MR) is 78.0 cm³/mol. The Bertz CT molecular complexity index is 364. The fourth-order valence-electron chi connectivity index (χ4n) is 3.42. The van der Waals surface area contributed by atoms with Crippen molar-refractivity contribution in [1.82, 2.24) is 9.80 Å². The summed E-state index contributed by atoms with van der Waals surface area (Å²) in [5.41, 5.74) is 5.33. The van der Waals surface area contributed by atoms with Crippen molar-refractivity contribution in [2.45, 2.75) is 58.0 Å². The summed E-state index contributed by atoms with van der Waals surface area (Å²) >= 11 is 0. The molecular formula is C15H27N3O2. The molecular weight excluding hydrogens is 254 g/mol. The maximum Gasteiger partial charge on any atom is 0.235 e. The Hall–Kier alpha value is -1.10. The van der Waals surface area contributed by atoms with Crippen LogP contribution in [0.2, 0.25) is 0 Å². The highest BCUT2D eigenvalue weighted by Gasteiger charge is 2.37. The van der Waals surface area contributed by atoms with Gasteiger partial charge in [0.05, 0.1) is 0 Å². The topological polar surface area (TPSA) is 66.6 Å². The van der Waals surface area contributed by atoms with E-state index in [4.69, 9.17) is 5.73 Å². The zero-order valence-electron chi connectivity index (χ0n) is 12.7. The highest BCUT2D eigenvalue weighted by molar-refractivity contribution is 6.00. The van der Waals surface area contributed by atoms with Crippen molar-refractivity contribution >= 4 is 11.8 Å². The van der Waals surface area contributed by atoms with Crippen LogP contribution in [-0.4, -0.2) is 53.3 Å². The van der Waals surface area contributed by atoms with Gasteiger partial charge in [0, 0.05) is 31.7 Å². The summed E-state index contributed by atoms with van der Waals surface area (Å²) in [6, 6.07) is 0.913. The van der Waals surface area contributed by atoms with Gasteiger partial charge in [-0.1, -0.05) is 6.92 Å². The van der Waals surface area contributed by atoms with Gasteiger partial charge in [0.2, 0.25) is 11.8 Å². The lowest BCUT2D eigenvalue weighted by Gasteiger charge is -2.43. The Balaban J connectivity index is 1.93. The van der Waals surface area contributed by atoms with Gasteiger partial charge in [-0.3, -0.25) is 9.59 Å². The van der Waals surface area contributed by atoms with Crippen molar-refractivity contribution in [2.24, 2.45) is 11.7 Å².